The second-order valence-electron chi connectivity index (χ2n) is 9.20. The Hall–Kier alpha value is -1.49. The van der Waals surface area contributed by atoms with Crippen LogP contribution in [0.1, 0.15) is 44.1 Å². The van der Waals surface area contributed by atoms with Crippen molar-refractivity contribution >= 4 is 25.8 Å². The summed E-state index contributed by atoms with van der Waals surface area (Å²) in [5.41, 5.74) is 0.704. The van der Waals surface area contributed by atoms with E-state index in [1.807, 2.05) is 0 Å². The molecule has 1 aromatic carbocycles. The van der Waals surface area contributed by atoms with Crippen molar-refractivity contribution in [3.05, 3.63) is 29.8 Å². The third-order valence-corrected chi connectivity index (χ3v) is 10.4. The molecule has 0 spiro atoms. The fourth-order valence-corrected chi connectivity index (χ4v) is 8.52. The fraction of sp³-hybridized carbons (Fsp3) is 0.682. The molecule has 32 heavy (non-hydrogen) atoms. The topological polar surface area (TPSA) is 104 Å². The Kier molecular flexibility index (Phi) is 7.24. The maximum Gasteiger partial charge on any atom is 0.243 e. The van der Waals surface area contributed by atoms with Crippen molar-refractivity contribution in [3.8, 4) is 0 Å². The van der Waals surface area contributed by atoms with Crippen LogP contribution in [-0.2, 0) is 31.1 Å². The molecule has 1 amide bonds. The Labute approximate surface area is 191 Å². The lowest BCUT2D eigenvalue weighted by atomic mass is 10.0. The van der Waals surface area contributed by atoms with E-state index in [2.05, 4.69) is 10.2 Å². The van der Waals surface area contributed by atoms with Gasteiger partial charge < -0.3 is 5.32 Å². The molecule has 3 fully saturated rings. The van der Waals surface area contributed by atoms with Crippen LogP contribution in [0.25, 0.3) is 0 Å². The summed E-state index contributed by atoms with van der Waals surface area (Å²) in [6.45, 7) is 2.85. The van der Waals surface area contributed by atoms with E-state index in [0.717, 1.165) is 51.6 Å². The molecular formula is C22H33N3O5S2. The van der Waals surface area contributed by atoms with Crippen LogP contribution in [0.5, 0.6) is 0 Å². The van der Waals surface area contributed by atoms with Crippen LogP contribution < -0.4 is 5.32 Å². The van der Waals surface area contributed by atoms with Crippen LogP contribution in [0.15, 0.2) is 29.2 Å². The zero-order valence-corrected chi connectivity index (χ0v) is 20.0. The van der Waals surface area contributed by atoms with E-state index in [-0.39, 0.29) is 34.8 Å². The summed E-state index contributed by atoms with van der Waals surface area (Å²) in [5, 5.41) is 2.94. The zero-order chi connectivity index (χ0) is 22.8. The molecule has 0 aromatic heterocycles. The summed E-state index contributed by atoms with van der Waals surface area (Å²) >= 11 is 0. The second kappa shape index (κ2) is 9.79. The van der Waals surface area contributed by atoms with Gasteiger partial charge in [0.25, 0.3) is 0 Å². The van der Waals surface area contributed by atoms with Crippen LogP contribution in [0.3, 0.4) is 0 Å². The monoisotopic (exact) mass is 483 g/mol. The number of carbonyl (C=O) groups excluding carboxylic acids is 1. The standard InChI is InChI=1S/C22H33N3O5S2/c26-22(23-20-16-31(27,28)17-21(20)24-11-3-1-4-12-24)15-18-7-9-19(10-8-18)32(29,30)25-13-5-2-6-14-25/h7-10,20-21H,1-6,11-17H2,(H,23,26). The van der Waals surface area contributed by atoms with Gasteiger partial charge in [0.1, 0.15) is 0 Å². The number of sulfonamides is 1. The normalized spacial score (nSPS) is 27.2. The Morgan fingerprint density at radius 3 is 2.12 bits per heavy atom. The molecule has 0 bridgehead atoms. The molecular weight excluding hydrogens is 450 g/mol. The predicted octanol–water partition coefficient (Wildman–Crippen LogP) is 1.17. The molecule has 178 valence electrons. The van der Waals surface area contributed by atoms with Crippen molar-refractivity contribution in [2.24, 2.45) is 0 Å². The number of hydrogen-bond donors (Lipinski definition) is 1. The van der Waals surface area contributed by atoms with Crippen LogP contribution >= 0.6 is 0 Å². The van der Waals surface area contributed by atoms with E-state index >= 15 is 0 Å². The highest BCUT2D eigenvalue weighted by molar-refractivity contribution is 7.91. The largest absolute Gasteiger partial charge is 0.350 e. The van der Waals surface area contributed by atoms with Crippen molar-refractivity contribution < 1.29 is 21.6 Å². The van der Waals surface area contributed by atoms with Crippen molar-refractivity contribution in [2.75, 3.05) is 37.7 Å². The first kappa shape index (κ1) is 23.7. The molecule has 4 rings (SSSR count). The minimum Gasteiger partial charge on any atom is -0.350 e. The quantitative estimate of drug-likeness (QED) is 0.652. The first-order valence-electron chi connectivity index (χ1n) is 11.6. The average molecular weight is 484 g/mol. The average Bonchev–Trinajstić information content (AvgIpc) is 3.09. The molecule has 10 heteroatoms. The van der Waals surface area contributed by atoms with E-state index in [1.165, 1.54) is 4.31 Å². The maximum absolute atomic E-state index is 12.8. The summed E-state index contributed by atoms with van der Waals surface area (Å²) in [4.78, 5) is 15.1. The smallest absolute Gasteiger partial charge is 0.243 e. The number of hydrogen-bond acceptors (Lipinski definition) is 6. The summed E-state index contributed by atoms with van der Waals surface area (Å²) in [6, 6.07) is 5.89. The molecule has 3 saturated heterocycles. The van der Waals surface area contributed by atoms with Crippen molar-refractivity contribution in [1.29, 1.82) is 0 Å². The summed E-state index contributed by atoms with van der Waals surface area (Å²) in [6.07, 6.45) is 6.19. The van der Waals surface area contributed by atoms with Gasteiger partial charge in [0.05, 0.1) is 28.9 Å². The van der Waals surface area contributed by atoms with Gasteiger partial charge in [-0.1, -0.05) is 25.0 Å². The van der Waals surface area contributed by atoms with Crippen molar-refractivity contribution in [3.63, 3.8) is 0 Å². The zero-order valence-electron chi connectivity index (χ0n) is 18.4. The second-order valence-corrected chi connectivity index (χ2v) is 13.3. The lowest BCUT2D eigenvalue weighted by Crippen LogP contribution is -2.52. The predicted molar refractivity (Wildman–Crippen MR) is 123 cm³/mol. The van der Waals surface area contributed by atoms with E-state index in [0.29, 0.717) is 18.7 Å². The van der Waals surface area contributed by atoms with Crippen LogP contribution in [0, 0.1) is 0 Å². The number of nitrogens with zero attached hydrogens (tertiary/aromatic N) is 2. The Balaban J connectivity index is 1.38. The van der Waals surface area contributed by atoms with Gasteiger partial charge in [0.15, 0.2) is 9.84 Å². The van der Waals surface area contributed by atoms with Crippen LogP contribution in [-0.4, -0.2) is 81.7 Å². The van der Waals surface area contributed by atoms with Gasteiger partial charge in [-0.25, -0.2) is 16.8 Å². The molecule has 0 aliphatic carbocycles. The van der Waals surface area contributed by atoms with Crippen molar-refractivity contribution in [2.45, 2.75) is 61.9 Å². The highest BCUT2D eigenvalue weighted by atomic mass is 32.2. The van der Waals surface area contributed by atoms with Gasteiger partial charge in [-0.3, -0.25) is 9.69 Å². The van der Waals surface area contributed by atoms with Gasteiger partial charge in [-0.05, 0) is 56.5 Å². The Morgan fingerprint density at radius 2 is 1.50 bits per heavy atom. The van der Waals surface area contributed by atoms with E-state index < -0.39 is 25.9 Å². The first-order valence-corrected chi connectivity index (χ1v) is 14.8. The molecule has 3 heterocycles. The fourth-order valence-electron chi connectivity index (χ4n) is 5.05. The molecule has 3 aliphatic heterocycles. The lowest BCUT2D eigenvalue weighted by Gasteiger charge is -2.35. The highest BCUT2D eigenvalue weighted by Gasteiger charge is 2.41. The van der Waals surface area contributed by atoms with Crippen LogP contribution in [0.4, 0.5) is 0 Å². The number of piperidine rings is 2. The van der Waals surface area contributed by atoms with Gasteiger partial charge in [0.2, 0.25) is 15.9 Å². The molecule has 1 aromatic rings. The van der Waals surface area contributed by atoms with Gasteiger partial charge in [0, 0.05) is 19.1 Å². The van der Waals surface area contributed by atoms with Gasteiger partial charge in [-0.15, -0.1) is 0 Å². The van der Waals surface area contributed by atoms with Gasteiger partial charge >= 0.3 is 0 Å². The van der Waals surface area contributed by atoms with E-state index in [9.17, 15) is 21.6 Å². The molecule has 3 aliphatic rings. The molecule has 2 unspecified atom stereocenters. The van der Waals surface area contributed by atoms with Crippen molar-refractivity contribution in [1.82, 2.24) is 14.5 Å². The van der Waals surface area contributed by atoms with Crippen LogP contribution in [0.2, 0.25) is 0 Å². The molecule has 0 saturated carbocycles. The number of rotatable bonds is 6. The number of likely N-dealkylation sites (tertiary alicyclic amines) is 1. The third kappa shape index (κ3) is 5.52. The minimum absolute atomic E-state index is 0.0209. The SMILES string of the molecule is O=C(Cc1ccc(S(=O)(=O)N2CCCCC2)cc1)NC1CS(=O)(=O)CC1N1CCCCC1. The summed E-state index contributed by atoms with van der Waals surface area (Å²) < 4.78 is 51.6. The van der Waals surface area contributed by atoms with Gasteiger partial charge in [-0.2, -0.15) is 4.31 Å². The number of carbonyl (C=O) groups is 1. The summed E-state index contributed by atoms with van der Waals surface area (Å²) in [5.74, 6) is -0.158. The van der Waals surface area contributed by atoms with E-state index in [4.69, 9.17) is 0 Å². The lowest BCUT2D eigenvalue weighted by molar-refractivity contribution is -0.121. The minimum atomic E-state index is -3.50. The molecule has 8 nitrogen and oxygen atoms in total. The number of benzene rings is 1. The number of sulfone groups is 1. The molecule has 0 radical (unpaired) electrons. The van der Waals surface area contributed by atoms with E-state index in [1.54, 1.807) is 24.3 Å². The molecule has 2 atom stereocenters. The third-order valence-electron chi connectivity index (χ3n) is 6.77. The maximum atomic E-state index is 12.8. The number of nitrogens with one attached hydrogen (secondary N) is 1. The summed E-state index contributed by atoms with van der Waals surface area (Å²) in [7, 11) is -6.67. The highest BCUT2D eigenvalue weighted by Crippen LogP contribution is 2.23. The number of amides is 1. The Morgan fingerprint density at radius 1 is 0.906 bits per heavy atom. The Bertz CT molecular complexity index is 1010. The molecule has 1 N–H and O–H groups in total. The first-order chi connectivity index (χ1) is 15.2.